The minimum atomic E-state index is -0.853. The van der Waals surface area contributed by atoms with Gasteiger partial charge in [0.1, 0.15) is 0 Å². The van der Waals surface area contributed by atoms with Gasteiger partial charge in [-0.15, -0.1) is 0 Å². The Morgan fingerprint density at radius 3 is 2.53 bits per heavy atom. The first kappa shape index (κ1) is 11.7. The minimum absolute atomic E-state index is 0.404. The first-order chi connectivity index (χ1) is 8.08. The molecule has 1 aromatic heterocycles. The van der Waals surface area contributed by atoms with Crippen LogP contribution in [0.2, 0.25) is 0 Å². The topological polar surface area (TPSA) is 42.2 Å². The highest BCUT2D eigenvalue weighted by Gasteiger charge is 2.15. The van der Waals surface area contributed by atoms with Gasteiger partial charge in [-0.3, -0.25) is 0 Å². The molecule has 0 aliphatic rings. The average molecular weight is 231 g/mol. The summed E-state index contributed by atoms with van der Waals surface area (Å²) in [6.45, 7) is 4.13. The van der Waals surface area contributed by atoms with E-state index in [0.717, 1.165) is 29.3 Å². The SMILES string of the molecule is CCc1cc(C(=O)O)c2c(c1)c(CC)cn2C. The van der Waals surface area contributed by atoms with Gasteiger partial charge in [-0.25, -0.2) is 4.79 Å². The molecule has 0 atom stereocenters. The molecule has 0 spiro atoms. The van der Waals surface area contributed by atoms with E-state index in [-0.39, 0.29) is 0 Å². The lowest BCUT2D eigenvalue weighted by atomic mass is 10.0. The number of aromatic carboxylic acids is 1. The largest absolute Gasteiger partial charge is 0.478 e. The molecule has 17 heavy (non-hydrogen) atoms. The van der Waals surface area contributed by atoms with Crippen molar-refractivity contribution in [2.45, 2.75) is 26.7 Å². The maximum absolute atomic E-state index is 11.3. The van der Waals surface area contributed by atoms with Gasteiger partial charge in [0, 0.05) is 18.6 Å². The number of carbonyl (C=O) groups is 1. The predicted molar refractivity (Wildman–Crippen MR) is 68.6 cm³/mol. The van der Waals surface area contributed by atoms with Crippen molar-refractivity contribution < 1.29 is 9.90 Å². The van der Waals surface area contributed by atoms with Crippen molar-refractivity contribution in [2.75, 3.05) is 0 Å². The fourth-order valence-electron chi connectivity index (χ4n) is 2.34. The fourth-order valence-corrected chi connectivity index (χ4v) is 2.34. The summed E-state index contributed by atoms with van der Waals surface area (Å²) < 4.78 is 1.91. The third kappa shape index (κ3) is 1.82. The molecule has 0 unspecified atom stereocenters. The first-order valence-corrected chi connectivity index (χ1v) is 5.92. The van der Waals surface area contributed by atoms with Crippen molar-refractivity contribution >= 4 is 16.9 Å². The van der Waals surface area contributed by atoms with Crippen molar-refractivity contribution in [3.8, 4) is 0 Å². The molecule has 3 nitrogen and oxygen atoms in total. The molecule has 1 N–H and O–H groups in total. The molecule has 0 aliphatic carbocycles. The normalized spacial score (nSPS) is 11.0. The molecular weight excluding hydrogens is 214 g/mol. The van der Waals surface area contributed by atoms with Crippen molar-refractivity contribution in [2.24, 2.45) is 7.05 Å². The van der Waals surface area contributed by atoms with Gasteiger partial charge >= 0.3 is 5.97 Å². The summed E-state index contributed by atoms with van der Waals surface area (Å²) in [4.78, 5) is 11.3. The Morgan fingerprint density at radius 2 is 2.00 bits per heavy atom. The van der Waals surface area contributed by atoms with Gasteiger partial charge in [-0.2, -0.15) is 0 Å². The average Bonchev–Trinajstić information content (AvgIpc) is 2.64. The molecule has 3 heteroatoms. The van der Waals surface area contributed by atoms with E-state index in [9.17, 15) is 9.90 Å². The molecule has 2 aromatic rings. The minimum Gasteiger partial charge on any atom is -0.478 e. The smallest absolute Gasteiger partial charge is 0.337 e. The molecule has 2 rings (SSSR count). The highest BCUT2D eigenvalue weighted by Crippen LogP contribution is 2.26. The maximum atomic E-state index is 11.3. The standard InChI is InChI=1S/C14H17NO2/c1-4-9-6-11-10(5-2)8-15(3)13(11)12(7-9)14(16)17/h6-8H,4-5H2,1-3H3,(H,16,17). The van der Waals surface area contributed by atoms with Gasteiger partial charge in [0.25, 0.3) is 0 Å². The number of benzene rings is 1. The highest BCUT2D eigenvalue weighted by molar-refractivity contribution is 6.03. The molecule has 1 aromatic carbocycles. The molecule has 90 valence electrons. The Labute approximate surface area is 101 Å². The van der Waals surface area contributed by atoms with E-state index < -0.39 is 5.97 Å². The number of hydrogen-bond donors (Lipinski definition) is 1. The van der Waals surface area contributed by atoms with Crippen LogP contribution < -0.4 is 0 Å². The van der Waals surface area contributed by atoms with Crippen LogP contribution in [0.4, 0.5) is 0 Å². The molecule has 0 saturated heterocycles. The molecule has 0 amide bonds. The van der Waals surface area contributed by atoms with Crippen LogP contribution in [-0.4, -0.2) is 15.6 Å². The van der Waals surface area contributed by atoms with Crippen LogP contribution in [0, 0.1) is 0 Å². The van der Waals surface area contributed by atoms with Crippen LogP contribution in [0.5, 0.6) is 0 Å². The van der Waals surface area contributed by atoms with Crippen molar-refractivity contribution in [3.05, 3.63) is 35.0 Å². The molecule has 0 bridgehead atoms. The summed E-state index contributed by atoms with van der Waals surface area (Å²) >= 11 is 0. The Hall–Kier alpha value is -1.77. The lowest BCUT2D eigenvalue weighted by Crippen LogP contribution is -2.01. The molecule has 0 fully saturated rings. The number of fused-ring (bicyclic) bond motifs is 1. The van der Waals surface area contributed by atoms with E-state index in [0.29, 0.717) is 5.56 Å². The summed E-state index contributed by atoms with van der Waals surface area (Å²) in [7, 11) is 1.90. The third-order valence-corrected chi connectivity index (χ3v) is 3.24. The second-order valence-corrected chi connectivity index (χ2v) is 4.32. The number of aryl methyl sites for hydroxylation is 3. The molecule has 1 heterocycles. The van der Waals surface area contributed by atoms with Crippen molar-refractivity contribution in [3.63, 3.8) is 0 Å². The predicted octanol–water partition coefficient (Wildman–Crippen LogP) is 3.00. The maximum Gasteiger partial charge on any atom is 0.337 e. The summed E-state index contributed by atoms with van der Waals surface area (Å²) in [6.07, 6.45) is 3.80. The van der Waals surface area contributed by atoms with Gasteiger partial charge in [-0.05, 0) is 36.1 Å². The van der Waals surface area contributed by atoms with E-state index in [1.807, 2.05) is 24.7 Å². The van der Waals surface area contributed by atoms with Crippen LogP contribution in [0.3, 0.4) is 0 Å². The summed E-state index contributed by atoms with van der Waals surface area (Å²) in [6, 6.07) is 3.89. The molecule has 0 aliphatic heterocycles. The van der Waals surface area contributed by atoms with Crippen LogP contribution in [0.25, 0.3) is 10.9 Å². The van der Waals surface area contributed by atoms with E-state index in [1.165, 1.54) is 5.56 Å². The number of nitrogens with zero attached hydrogens (tertiary/aromatic N) is 1. The second-order valence-electron chi connectivity index (χ2n) is 4.32. The van der Waals surface area contributed by atoms with Crippen molar-refractivity contribution in [1.29, 1.82) is 0 Å². The lowest BCUT2D eigenvalue weighted by Gasteiger charge is -2.05. The number of carboxylic acid groups (broad SMARTS) is 1. The zero-order valence-corrected chi connectivity index (χ0v) is 10.4. The zero-order valence-electron chi connectivity index (χ0n) is 10.4. The van der Waals surface area contributed by atoms with Gasteiger partial charge in [-0.1, -0.05) is 13.8 Å². The quantitative estimate of drug-likeness (QED) is 0.882. The van der Waals surface area contributed by atoms with Gasteiger partial charge in [0.2, 0.25) is 0 Å². The Kier molecular flexibility index (Phi) is 2.92. The molecule has 0 saturated carbocycles. The van der Waals surface area contributed by atoms with Gasteiger partial charge in [0.05, 0.1) is 11.1 Å². The summed E-state index contributed by atoms with van der Waals surface area (Å²) in [5, 5.41) is 10.4. The van der Waals surface area contributed by atoms with Crippen LogP contribution in [0.15, 0.2) is 18.3 Å². The molecular formula is C14H17NO2. The monoisotopic (exact) mass is 231 g/mol. The Morgan fingerprint density at radius 1 is 1.29 bits per heavy atom. The zero-order chi connectivity index (χ0) is 12.6. The highest BCUT2D eigenvalue weighted by atomic mass is 16.4. The van der Waals surface area contributed by atoms with E-state index in [2.05, 4.69) is 13.0 Å². The van der Waals surface area contributed by atoms with Crippen LogP contribution in [-0.2, 0) is 19.9 Å². The third-order valence-electron chi connectivity index (χ3n) is 3.24. The van der Waals surface area contributed by atoms with Gasteiger partial charge in [0.15, 0.2) is 0 Å². The van der Waals surface area contributed by atoms with E-state index >= 15 is 0 Å². The number of rotatable bonds is 3. The van der Waals surface area contributed by atoms with Gasteiger partial charge < -0.3 is 9.67 Å². The second kappa shape index (κ2) is 4.24. The van der Waals surface area contributed by atoms with E-state index in [4.69, 9.17) is 0 Å². The van der Waals surface area contributed by atoms with Crippen LogP contribution in [0.1, 0.15) is 35.3 Å². The number of aromatic nitrogens is 1. The van der Waals surface area contributed by atoms with Crippen molar-refractivity contribution in [1.82, 2.24) is 4.57 Å². The Balaban J connectivity index is 2.87. The fraction of sp³-hybridized carbons (Fsp3) is 0.357. The summed E-state index contributed by atoms with van der Waals surface area (Å²) in [5.74, 6) is -0.853. The number of carboxylic acids is 1. The molecule has 0 radical (unpaired) electrons. The summed E-state index contributed by atoms with van der Waals surface area (Å²) in [5.41, 5.74) is 3.52. The van der Waals surface area contributed by atoms with E-state index in [1.54, 1.807) is 6.07 Å². The van der Waals surface area contributed by atoms with Crippen LogP contribution >= 0.6 is 0 Å². The number of hydrogen-bond acceptors (Lipinski definition) is 1. The Bertz CT molecular complexity index is 581. The lowest BCUT2D eigenvalue weighted by molar-refractivity contribution is 0.0698. The first-order valence-electron chi connectivity index (χ1n) is 5.92.